The molecule has 1 aliphatic carbocycles. The van der Waals surface area contributed by atoms with E-state index in [9.17, 15) is 4.79 Å². The molecule has 1 aliphatic heterocycles. The standard InChI is InChI=1S/C24H24N6O.C13H19BrN2O2/c1-23(2,25)22-26-11-16(12-27-22)18-7-8-19-21(29-18)30-20(28-19)13-31-14-24(30)10-9-15-5-3-4-6-17(15)24;1-12(2,3)18-10(17)6-13(4,5)11-15-7-9(14)8-16-11/h3-8,11-12H,9-10,13-14,25H2,1-2H3;7-8H,6H2,1-5H3. The third kappa shape index (κ3) is 7.27. The molecule has 0 amide bonds. The van der Waals surface area contributed by atoms with Gasteiger partial charge in [0.05, 0.1) is 34.3 Å². The molecule has 0 fully saturated rings. The van der Waals surface area contributed by atoms with Crippen LogP contribution in [0.5, 0.6) is 0 Å². The maximum absolute atomic E-state index is 11.8. The monoisotopic (exact) mass is 726 g/mol. The number of halogens is 1. The van der Waals surface area contributed by atoms with Gasteiger partial charge in [-0.25, -0.2) is 29.9 Å². The smallest absolute Gasteiger partial charge is 0.307 e. The van der Waals surface area contributed by atoms with E-state index < -0.39 is 16.6 Å². The van der Waals surface area contributed by atoms with Crippen LogP contribution < -0.4 is 5.73 Å². The summed E-state index contributed by atoms with van der Waals surface area (Å²) in [6.45, 7) is 14.4. The molecule has 5 aromatic rings. The summed E-state index contributed by atoms with van der Waals surface area (Å²) in [4.78, 5) is 39.1. The van der Waals surface area contributed by atoms with E-state index in [1.54, 1.807) is 24.8 Å². The highest BCUT2D eigenvalue weighted by atomic mass is 79.9. The maximum Gasteiger partial charge on any atom is 0.307 e. The molecular weight excluding hydrogens is 684 g/mol. The lowest BCUT2D eigenvalue weighted by Crippen LogP contribution is -2.42. The summed E-state index contributed by atoms with van der Waals surface area (Å²) in [5.41, 5.74) is 10.5. The van der Waals surface area contributed by atoms with Gasteiger partial charge in [0.2, 0.25) is 0 Å². The van der Waals surface area contributed by atoms with Gasteiger partial charge in [0.25, 0.3) is 0 Å². The molecule has 256 valence electrons. The summed E-state index contributed by atoms with van der Waals surface area (Å²) in [6, 6.07) is 12.7. The van der Waals surface area contributed by atoms with E-state index in [1.807, 2.05) is 60.6 Å². The Morgan fingerprint density at radius 2 is 1.61 bits per heavy atom. The first kappa shape index (κ1) is 34.7. The minimum atomic E-state index is -0.581. The zero-order valence-electron chi connectivity index (χ0n) is 29.1. The topological polar surface area (TPSA) is 144 Å². The second-order valence-corrected chi connectivity index (χ2v) is 15.9. The molecule has 5 heterocycles. The second kappa shape index (κ2) is 13.0. The van der Waals surface area contributed by atoms with E-state index in [1.165, 1.54) is 11.1 Å². The largest absolute Gasteiger partial charge is 0.460 e. The van der Waals surface area contributed by atoms with Crippen molar-refractivity contribution in [1.29, 1.82) is 0 Å². The zero-order valence-corrected chi connectivity index (χ0v) is 30.7. The van der Waals surface area contributed by atoms with E-state index in [0.717, 1.165) is 45.6 Å². The van der Waals surface area contributed by atoms with Gasteiger partial charge in [0.15, 0.2) is 5.65 Å². The van der Waals surface area contributed by atoms with Crippen molar-refractivity contribution in [3.63, 3.8) is 0 Å². The Morgan fingerprint density at radius 3 is 2.29 bits per heavy atom. The number of aromatic nitrogens is 7. The van der Waals surface area contributed by atoms with Crippen molar-refractivity contribution in [2.45, 2.75) is 96.4 Å². The summed E-state index contributed by atoms with van der Waals surface area (Å²) in [5.74, 6) is 1.94. The quantitative estimate of drug-likeness (QED) is 0.198. The fourth-order valence-electron chi connectivity index (χ4n) is 6.41. The molecule has 2 aliphatic rings. The normalized spacial score (nSPS) is 17.3. The van der Waals surface area contributed by atoms with Crippen LogP contribution >= 0.6 is 15.9 Å². The second-order valence-electron chi connectivity index (χ2n) is 15.0. The zero-order chi connectivity index (χ0) is 35.2. The summed E-state index contributed by atoms with van der Waals surface area (Å²) < 4.78 is 14.5. The third-order valence-corrected chi connectivity index (χ3v) is 9.07. The van der Waals surface area contributed by atoms with Gasteiger partial charge in [0, 0.05) is 35.8 Å². The Morgan fingerprint density at radius 1 is 0.939 bits per heavy atom. The lowest BCUT2D eigenvalue weighted by Gasteiger charge is -2.37. The number of aryl methyl sites for hydroxylation is 1. The molecule has 4 aromatic heterocycles. The number of fused-ring (bicyclic) bond motifs is 6. The number of ether oxygens (including phenoxy) is 2. The Balaban J connectivity index is 0.000000199. The molecule has 12 heteroatoms. The van der Waals surface area contributed by atoms with Crippen molar-refractivity contribution in [2.24, 2.45) is 5.73 Å². The molecule has 7 rings (SSSR count). The van der Waals surface area contributed by atoms with Crippen LogP contribution in [0.15, 0.2) is 65.7 Å². The molecule has 11 nitrogen and oxygen atoms in total. The molecule has 2 N–H and O–H groups in total. The summed E-state index contributed by atoms with van der Waals surface area (Å²) in [7, 11) is 0. The number of pyridine rings is 1. The van der Waals surface area contributed by atoms with Crippen LogP contribution in [-0.2, 0) is 43.8 Å². The number of benzene rings is 1. The predicted molar refractivity (Wildman–Crippen MR) is 190 cm³/mol. The number of carbonyl (C=O) groups excluding carboxylic acids is 1. The Bertz CT molecular complexity index is 1980. The highest BCUT2D eigenvalue weighted by Crippen LogP contribution is 2.45. The number of nitrogens with two attached hydrogens (primary N) is 1. The van der Waals surface area contributed by atoms with Crippen LogP contribution in [0.25, 0.3) is 22.4 Å². The fraction of sp³-hybridized carbons (Fsp3) is 0.432. The number of hydrogen-bond donors (Lipinski definition) is 1. The Hall–Kier alpha value is -4.13. The highest BCUT2D eigenvalue weighted by molar-refractivity contribution is 9.10. The first-order valence-corrected chi connectivity index (χ1v) is 17.2. The van der Waals surface area contributed by atoms with Gasteiger partial charge in [-0.15, -0.1) is 0 Å². The van der Waals surface area contributed by atoms with Gasteiger partial charge in [-0.3, -0.25) is 9.36 Å². The molecule has 1 atom stereocenters. The molecule has 0 saturated heterocycles. The molecule has 1 aromatic carbocycles. The van der Waals surface area contributed by atoms with Crippen LogP contribution in [-0.4, -0.2) is 52.6 Å². The van der Waals surface area contributed by atoms with Crippen LogP contribution in [0.2, 0.25) is 0 Å². The highest BCUT2D eigenvalue weighted by Gasteiger charge is 2.45. The van der Waals surface area contributed by atoms with Crippen molar-refractivity contribution in [2.75, 3.05) is 6.61 Å². The average molecular weight is 728 g/mol. The van der Waals surface area contributed by atoms with Gasteiger partial charge in [-0.2, -0.15) is 0 Å². The first-order valence-electron chi connectivity index (χ1n) is 16.4. The van der Waals surface area contributed by atoms with Gasteiger partial charge < -0.3 is 15.2 Å². The van der Waals surface area contributed by atoms with Crippen molar-refractivity contribution in [3.8, 4) is 11.3 Å². The van der Waals surface area contributed by atoms with Gasteiger partial charge >= 0.3 is 5.97 Å². The van der Waals surface area contributed by atoms with Crippen LogP contribution in [0.4, 0.5) is 0 Å². The minimum absolute atomic E-state index is 0.237. The van der Waals surface area contributed by atoms with E-state index in [0.29, 0.717) is 24.9 Å². The van der Waals surface area contributed by atoms with E-state index in [2.05, 4.69) is 64.7 Å². The molecule has 0 saturated carbocycles. The minimum Gasteiger partial charge on any atom is -0.460 e. The van der Waals surface area contributed by atoms with Crippen molar-refractivity contribution >= 4 is 33.1 Å². The van der Waals surface area contributed by atoms with Gasteiger partial charge in [0.1, 0.15) is 35.2 Å². The molecule has 1 unspecified atom stereocenters. The predicted octanol–water partition coefficient (Wildman–Crippen LogP) is 6.55. The number of esters is 1. The SMILES string of the molecule is CC(C)(C)OC(=O)CC(C)(C)c1ncc(Br)cn1.CC(C)(N)c1ncc(-c2ccc3nc4n(c3n2)C2(CCc3ccccc32)COC4)cn1. The number of carbonyl (C=O) groups is 1. The lowest BCUT2D eigenvalue weighted by atomic mass is 9.88. The summed E-state index contributed by atoms with van der Waals surface area (Å²) in [5, 5.41) is 0. The summed E-state index contributed by atoms with van der Waals surface area (Å²) in [6.07, 6.45) is 9.22. The first-order chi connectivity index (χ1) is 23.1. The van der Waals surface area contributed by atoms with E-state index >= 15 is 0 Å². The molecule has 1 spiro atoms. The molecule has 49 heavy (non-hydrogen) atoms. The fourth-order valence-corrected chi connectivity index (χ4v) is 6.61. The average Bonchev–Trinajstić information content (AvgIpc) is 3.59. The Kier molecular flexibility index (Phi) is 9.18. The third-order valence-electron chi connectivity index (χ3n) is 8.66. The number of hydrogen-bond acceptors (Lipinski definition) is 10. The van der Waals surface area contributed by atoms with Gasteiger partial charge in [-0.05, 0) is 86.6 Å². The van der Waals surface area contributed by atoms with Crippen LogP contribution in [0.1, 0.15) is 89.9 Å². The molecule has 0 radical (unpaired) electrons. The van der Waals surface area contributed by atoms with Crippen LogP contribution in [0, 0.1) is 0 Å². The number of imidazole rings is 1. The number of rotatable bonds is 5. The molecular formula is C37H43BrN8O3. The van der Waals surface area contributed by atoms with Crippen molar-refractivity contribution in [1.82, 2.24) is 34.5 Å². The van der Waals surface area contributed by atoms with Gasteiger partial charge in [-0.1, -0.05) is 38.1 Å². The maximum atomic E-state index is 11.8. The molecule has 0 bridgehead atoms. The van der Waals surface area contributed by atoms with Crippen LogP contribution in [0.3, 0.4) is 0 Å². The lowest BCUT2D eigenvalue weighted by molar-refractivity contribution is -0.156. The van der Waals surface area contributed by atoms with Crippen molar-refractivity contribution < 1.29 is 14.3 Å². The van der Waals surface area contributed by atoms with E-state index in [-0.39, 0.29) is 17.9 Å². The van der Waals surface area contributed by atoms with E-state index in [4.69, 9.17) is 25.2 Å². The summed E-state index contributed by atoms with van der Waals surface area (Å²) >= 11 is 3.29. The van der Waals surface area contributed by atoms with Crippen molar-refractivity contribution in [3.05, 3.63) is 94.3 Å². The Labute approximate surface area is 295 Å². The number of nitrogens with zero attached hydrogens (tertiary/aromatic N) is 7.